The first-order valence-corrected chi connectivity index (χ1v) is 8.43. The fourth-order valence-corrected chi connectivity index (χ4v) is 2.47. The number of alkyl halides is 1. The highest BCUT2D eigenvalue weighted by atomic mass is 79.9. The molecule has 0 amide bonds. The highest BCUT2D eigenvalue weighted by Crippen LogP contribution is 2.12. The number of benzene rings is 1. The monoisotopic (exact) mass is 427 g/mol. The zero-order valence-corrected chi connectivity index (χ0v) is 16.2. The summed E-state index contributed by atoms with van der Waals surface area (Å²) in [6, 6.07) is 10.2. The molecule has 1 aliphatic heterocycles. The highest BCUT2D eigenvalue weighted by Gasteiger charge is 2.03. The summed E-state index contributed by atoms with van der Waals surface area (Å²) in [5.41, 5.74) is 2.25. The number of hydrogen-bond acceptors (Lipinski definition) is 3. The van der Waals surface area contributed by atoms with Crippen LogP contribution in [0.1, 0.15) is 12.8 Å². The summed E-state index contributed by atoms with van der Waals surface area (Å²) in [5, 5.41) is 7.46. The first-order valence-electron chi connectivity index (χ1n) is 7.31. The number of hydrazone groups is 1. The van der Waals surface area contributed by atoms with Gasteiger partial charge in [-0.1, -0.05) is 40.2 Å². The second-order valence-electron chi connectivity index (χ2n) is 5.01. The summed E-state index contributed by atoms with van der Waals surface area (Å²) in [7, 11) is 1.96. The zero-order chi connectivity index (χ0) is 14.9. The van der Waals surface area contributed by atoms with Crippen molar-refractivity contribution in [2.24, 2.45) is 5.10 Å². The van der Waals surface area contributed by atoms with Crippen LogP contribution in [0.4, 0.5) is 5.69 Å². The normalized spacial score (nSPS) is 13.9. The third-order valence-electron chi connectivity index (χ3n) is 3.38. The highest BCUT2D eigenvalue weighted by molar-refractivity contribution is 9.09. The minimum atomic E-state index is 0. The predicted molar refractivity (Wildman–Crippen MR) is 105 cm³/mol. The molecule has 0 aliphatic carbocycles. The molecule has 120 valence electrons. The van der Waals surface area contributed by atoms with E-state index in [1.807, 2.05) is 48.6 Å². The van der Waals surface area contributed by atoms with Gasteiger partial charge in [0, 0.05) is 25.5 Å². The first kappa shape index (κ1) is 19.0. The van der Waals surface area contributed by atoms with E-state index in [2.05, 4.69) is 44.3 Å². The van der Waals surface area contributed by atoms with E-state index in [4.69, 9.17) is 0 Å². The summed E-state index contributed by atoms with van der Waals surface area (Å²) >= 11 is 3.47. The lowest BCUT2D eigenvalue weighted by molar-refractivity contribution is 0.401. The van der Waals surface area contributed by atoms with Gasteiger partial charge in [-0.25, -0.2) is 0 Å². The molecule has 1 aromatic rings. The summed E-state index contributed by atoms with van der Waals surface area (Å²) < 4.78 is 0. The van der Waals surface area contributed by atoms with Gasteiger partial charge in [0.2, 0.25) is 0 Å². The Kier molecular flexibility index (Phi) is 9.16. The molecule has 0 saturated carbocycles. The molecule has 0 atom stereocenters. The molecular formula is C17H23Br2N3. The zero-order valence-electron chi connectivity index (χ0n) is 12.9. The van der Waals surface area contributed by atoms with Crippen LogP contribution in [-0.4, -0.2) is 36.6 Å². The van der Waals surface area contributed by atoms with Gasteiger partial charge >= 0.3 is 0 Å². The lowest BCUT2D eigenvalue weighted by Crippen LogP contribution is -2.21. The van der Waals surface area contributed by atoms with Gasteiger partial charge in [0.05, 0.1) is 11.9 Å². The number of rotatable bonds is 7. The van der Waals surface area contributed by atoms with Gasteiger partial charge in [-0.15, -0.1) is 17.0 Å². The van der Waals surface area contributed by atoms with Crippen LogP contribution in [0, 0.1) is 0 Å². The molecule has 0 spiro atoms. The molecule has 0 fully saturated rings. The second-order valence-corrected chi connectivity index (χ2v) is 5.81. The van der Waals surface area contributed by atoms with E-state index in [1.54, 1.807) is 0 Å². The number of nitrogens with zero attached hydrogens (tertiary/aromatic N) is 3. The average Bonchev–Trinajstić information content (AvgIpc) is 2.55. The smallest absolute Gasteiger partial charge is 0.0590 e. The van der Waals surface area contributed by atoms with Crippen molar-refractivity contribution in [2.75, 3.05) is 30.5 Å². The van der Waals surface area contributed by atoms with Crippen molar-refractivity contribution in [3.05, 3.63) is 54.3 Å². The Bertz CT molecular complexity index is 512. The van der Waals surface area contributed by atoms with Gasteiger partial charge in [-0.05, 0) is 42.8 Å². The van der Waals surface area contributed by atoms with Gasteiger partial charge < -0.3 is 4.90 Å². The molecule has 1 aromatic carbocycles. The van der Waals surface area contributed by atoms with E-state index in [-0.39, 0.29) is 17.0 Å². The van der Waals surface area contributed by atoms with Crippen LogP contribution in [0.15, 0.2) is 59.4 Å². The van der Waals surface area contributed by atoms with Gasteiger partial charge in [-0.3, -0.25) is 5.01 Å². The molecule has 1 aliphatic rings. The molecule has 22 heavy (non-hydrogen) atoms. The summed E-state index contributed by atoms with van der Waals surface area (Å²) in [6.07, 6.45) is 10.9. The van der Waals surface area contributed by atoms with E-state index in [9.17, 15) is 0 Å². The summed E-state index contributed by atoms with van der Waals surface area (Å²) in [6.45, 7) is 2.09. The Morgan fingerprint density at radius 1 is 1.27 bits per heavy atom. The standard InChI is InChI=1S/C17H22BrN3.BrH/c1-20(17-7-3-2-4-8-17)19-15-16-9-13-21(14-10-16)12-6-5-11-18;/h2-4,7-10,13,15H,5-6,11-12,14H2,1H3;1H/b19-15+;. The lowest BCUT2D eigenvalue weighted by Gasteiger charge is -2.21. The predicted octanol–water partition coefficient (Wildman–Crippen LogP) is 4.62. The van der Waals surface area contributed by atoms with Crippen LogP contribution < -0.4 is 5.01 Å². The molecule has 0 aromatic heterocycles. The maximum atomic E-state index is 4.48. The Balaban J connectivity index is 0.00000242. The molecule has 0 saturated heterocycles. The SMILES string of the molecule is Br.CN(/N=C/C1=CCN(CCCCBr)C=C1)c1ccccc1. The number of halogens is 2. The first-order chi connectivity index (χ1) is 10.3. The van der Waals surface area contributed by atoms with E-state index >= 15 is 0 Å². The Morgan fingerprint density at radius 2 is 2.05 bits per heavy atom. The molecule has 0 N–H and O–H groups in total. The third-order valence-corrected chi connectivity index (χ3v) is 3.94. The number of hydrogen-bond donors (Lipinski definition) is 0. The van der Waals surface area contributed by atoms with Crippen LogP contribution in [0.2, 0.25) is 0 Å². The van der Waals surface area contributed by atoms with Gasteiger partial charge in [0.15, 0.2) is 0 Å². The van der Waals surface area contributed by atoms with Crippen LogP contribution in [0.3, 0.4) is 0 Å². The van der Waals surface area contributed by atoms with Crippen molar-refractivity contribution < 1.29 is 0 Å². The van der Waals surface area contributed by atoms with E-state index in [0.717, 1.165) is 29.7 Å². The molecule has 0 unspecified atom stereocenters. The summed E-state index contributed by atoms with van der Waals surface area (Å²) in [5.74, 6) is 0. The molecular weight excluding hydrogens is 406 g/mol. The Labute approximate surface area is 152 Å². The largest absolute Gasteiger partial charge is 0.374 e. The van der Waals surface area contributed by atoms with Gasteiger partial charge in [0.25, 0.3) is 0 Å². The fraction of sp³-hybridized carbons (Fsp3) is 0.353. The molecule has 3 nitrogen and oxygen atoms in total. The second kappa shape index (κ2) is 10.6. The van der Waals surface area contributed by atoms with Crippen molar-refractivity contribution in [2.45, 2.75) is 12.8 Å². The fourth-order valence-electron chi connectivity index (χ4n) is 2.08. The maximum Gasteiger partial charge on any atom is 0.0590 e. The van der Waals surface area contributed by atoms with Crippen molar-refractivity contribution in [3.63, 3.8) is 0 Å². The van der Waals surface area contributed by atoms with Crippen molar-refractivity contribution >= 4 is 44.8 Å². The minimum absolute atomic E-state index is 0. The van der Waals surface area contributed by atoms with E-state index < -0.39 is 0 Å². The molecule has 0 bridgehead atoms. The third kappa shape index (κ3) is 6.36. The van der Waals surface area contributed by atoms with Crippen molar-refractivity contribution in [1.29, 1.82) is 0 Å². The molecule has 0 radical (unpaired) electrons. The molecule has 2 rings (SSSR count). The number of allylic oxidation sites excluding steroid dienone is 2. The number of unbranched alkanes of at least 4 members (excludes halogenated alkanes) is 1. The topological polar surface area (TPSA) is 18.8 Å². The van der Waals surface area contributed by atoms with Crippen LogP contribution in [0.5, 0.6) is 0 Å². The van der Waals surface area contributed by atoms with Crippen molar-refractivity contribution in [1.82, 2.24) is 4.90 Å². The van der Waals surface area contributed by atoms with E-state index in [0.29, 0.717) is 0 Å². The number of anilines is 1. The van der Waals surface area contributed by atoms with Gasteiger partial charge in [-0.2, -0.15) is 5.10 Å². The maximum absolute atomic E-state index is 4.48. The van der Waals surface area contributed by atoms with Gasteiger partial charge in [0.1, 0.15) is 0 Å². The average molecular weight is 429 g/mol. The lowest BCUT2D eigenvalue weighted by atomic mass is 10.2. The number of para-hydroxylation sites is 1. The quantitative estimate of drug-likeness (QED) is 0.273. The Morgan fingerprint density at radius 3 is 2.68 bits per heavy atom. The molecule has 5 heteroatoms. The van der Waals surface area contributed by atoms with Crippen LogP contribution in [0.25, 0.3) is 0 Å². The summed E-state index contributed by atoms with van der Waals surface area (Å²) in [4.78, 5) is 2.33. The van der Waals surface area contributed by atoms with Crippen LogP contribution in [-0.2, 0) is 0 Å². The van der Waals surface area contributed by atoms with E-state index in [1.165, 1.54) is 12.8 Å². The Hall–Kier alpha value is -1.07. The van der Waals surface area contributed by atoms with Crippen molar-refractivity contribution in [3.8, 4) is 0 Å². The minimum Gasteiger partial charge on any atom is -0.374 e. The van der Waals surface area contributed by atoms with Crippen LogP contribution >= 0.6 is 32.9 Å². The molecule has 1 heterocycles.